The maximum atomic E-state index is 11.6. The predicted molar refractivity (Wildman–Crippen MR) is 89.1 cm³/mol. The maximum Gasteiger partial charge on any atom is 0.273 e. The van der Waals surface area contributed by atoms with Crippen LogP contribution < -0.4 is 15.4 Å². The topological polar surface area (TPSA) is 50.4 Å². The molecular formula is C17H14N2O2S. The lowest BCUT2D eigenvalue weighted by molar-refractivity contribution is -0.115. The van der Waals surface area contributed by atoms with Crippen molar-refractivity contribution in [3.8, 4) is 5.75 Å². The van der Waals surface area contributed by atoms with E-state index in [2.05, 4.69) is 10.6 Å². The number of rotatable bonds is 4. The van der Waals surface area contributed by atoms with Gasteiger partial charge in [0.15, 0.2) is 5.11 Å². The summed E-state index contributed by atoms with van der Waals surface area (Å²) in [6.45, 7) is 0.504. The minimum Gasteiger partial charge on any atom is -0.489 e. The fourth-order valence-corrected chi connectivity index (χ4v) is 2.29. The van der Waals surface area contributed by atoms with Gasteiger partial charge in [0, 0.05) is 0 Å². The van der Waals surface area contributed by atoms with Gasteiger partial charge in [0.2, 0.25) is 0 Å². The number of ether oxygens (including phenoxy) is 1. The van der Waals surface area contributed by atoms with Crippen LogP contribution in [-0.2, 0) is 11.4 Å². The highest BCUT2D eigenvalue weighted by molar-refractivity contribution is 7.80. The lowest BCUT2D eigenvalue weighted by Gasteiger charge is -2.07. The summed E-state index contributed by atoms with van der Waals surface area (Å²) >= 11 is 4.90. The Kier molecular flexibility index (Phi) is 4.16. The second-order valence-corrected chi connectivity index (χ2v) is 5.22. The Morgan fingerprint density at radius 3 is 2.59 bits per heavy atom. The van der Waals surface area contributed by atoms with Crippen molar-refractivity contribution in [2.45, 2.75) is 6.61 Å². The van der Waals surface area contributed by atoms with Crippen LogP contribution >= 0.6 is 12.2 Å². The van der Waals surface area contributed by atoms with Gasteiger partial charge >= 0.3 is 0 Å². The van der Waals surface area contributed by atoms with Crippen LogP contribution in [-0.4, -0.2) is 11.0 Å². The third-order valence-electron chi connectivity index (χ3n) is 3.14. The van der Waals surface area contributed by atoms with E-state index in [9.17, 15) is 4.79 Å². The van der Waals surface area contributed by atoms with Gasteiger partial charge in [-0.3, -0.25) is 10.1 Å². The van der Waals surface area contributed by atoms with Gasteiger partial charge in [0.1, 0.15) is 18.1 Å². The molecule has 0 atom stereocenters. The summed E-state index contributed by atoms with van der Waals surface area (Å²) in [5, 5.41) is 5.68. The normalized spacial score (nSPS) is 15.5. The SMILES string of the molecule is O=C1NC(=S)N/C1=C/c1cccc(OCc2ccccc2)c1. The van der Waals surface area contributed by atoms with Gasteiger partial charge in [-0.25, -0.2) is 0 Å². The predicted octanol–water partition coefficient (Wildman–Crippen LogP) is 2.61. The molecular weight excluding hydrogens is 296 g/mol. The Balaban J connectivity index is 1.71. The molecule has 0 radical (unpaired) electrons. The van der Waals surface area contributed by atoms with Crippen LogP contribution in [0.15, 0.2) is 60.3 Å². The third-order valence-corrected chi connectivity index (χ3v) is 3.34. The molecule has 1 heterocycles. The first kappa shape index (κ1) is 14.3. The summed E-state index contributed by atoms with van der Waals surface area (Å²) in [7, 11) is 0. The molecule has 3 rings (SSSR count). The second kappa shape index (κ2) is 6.41. The molecule has 1 aliphatic rings. The van der Waals surface area contributed by atoms with Crippen LogP contribution in [0.25, 0.3) is 6.08 Å². The minimum atomic E-state index is -0.222. The van der Waals surface area contributed by atoms with Crippen LogP contribution in [0.3, 0.4) is 0 Å². The first-order valence-corrected chi connectivity index (χ1v) is 7.22. The number of hydrogen-bond acceptors (Lipinski definition) is 3. The van der Waals surface area contributed by atoms with Gasteiger partial charge in [-0.05, 0) is 41.6 Å². The number of nitrogens with one attached hydrogen (secondary N) is 2. The molecule has 1 fully saturated rings. The minimum absolute atomic E-state index is 0.222. The van der Waals surface area contributed by atoms with Gasteiger partial charge in [0.25, 0.3) is 5.91 Å². The third kappa shape index (κ3) is 3.51. The van der Waals surface area contributed by atoms with Crippen molar-refractivity contribution in [1.82, 2.24) is 10.6 Å². The smallest absolute Gasteiger partial charge is 0.273 e. The summed E-state index contributed by atoms with van der Waals surface area (Å²) in [6, 6.07) is 17.5. The molecule has 1 aliphatic heterocycles. The average molecular weight is 310 g/mol. The van der Waals surface area contributed by atoms with E-state index in [0.717, 1.165) is 16.9 Å². The molecule has 2 aromatic rings. The molecule has 0 bridgehead atoms. The molecule has 22 heavy (non-hydrogen) atoms. The Labute approximate surface area is 133 Å². The fourth-order valence-electron chi connectivity index (χ4n) is 2.08. The van der Waals surface area contributed by atoms with E-state index in [-0.39, 0.29) is 5.91 Å². The maximum absolute atomic E-state index is 11.6. The van der Waals surface area contributed by atoms with Crippen molar-refractivity contribution < 1.29 is 9.53 Å². The summed E-state index contributed by atoms with van der Waals surface area (Å²) in [6.07, 6.45) is 1.74. The van der Waals surface area contributed by atoms with Crippen LogP contribution in [0.5, 0.6) is 5.75 Å². The lowest BCUT2D eigenvalue weighted by atomic mass is 10.2. The highest BCUT2D eigenvalue weighted by Gasteiger charge is 2.19. The van der Waals surface area contributed by atoms with Crippen molar-refractivity contribution >= 4 is 29.3 Å². The van der Waals surface area contributed by atoms with E-state index in [4.69, 9.17) is 17.0 Å². The molecule has 110 valence electrons. The Morgan fingerprint density at radius 2 is 1.86 bits per heavy atom. The fraction of sp³-hybridized carbons (Fsp3) is 0.0588. The number of benzene rings is 2. The molecule has 1 saturated heterocycles. The quantitative estimate of drug-likeness (QED) is 0.673. The molecule has 5 heteroatoms. The highest BCUT2D eigenvalue weighted by atomic mass is 32.1. The van der Waals surface area contributed by atoms with Gasteiger partial charge < -0.3 is 10.1 Å². The molecule has 0 aromatic heterocycles. The molecule has 0 spiro atoms. The van der Waals surface area contributed by atoms with E-state index in [1.54, 1.807) is 6.08 Å². The molecule has 2 aromatic carbocycles. The van der Waals surface area contributed by atoms with Crippen molar-refractivity contribution in [2.24, 2.45) is 0 Å². The number of carbonyl (C=O) groups is 1. The van der Waals surface area contributed by atoms with Crippen LogP contribution in [0.2, 0.25) is 0 Å². The van der Waals surface area contributed by atoms with Crippen molar-refractivity contribution in [3.05, 3.63) is 71.4 Å². The average Bonchev–Trinajstić information content (AvgIpc) is 2.84. The summed E-state index contributed by atoms with van der Waals surface area (Å²) < 4.78 is 5.77. The molecule has 1 amide bonds. The number of amides is 1. The zero-order valence-electron chi connectivity index (χ0n) is 11.7. The summed E-state index contributed by atoms with van der Waals surface area (Å²) in [5.74, 6) is 0.528. The van der Waals surface area contributed by atoms with Gasteiger partial charge in [-0.15, -0.1) is 0 Å². The monoisotopic (exact) mass is 310 g/mol. The van der Waals surface area contributed by atoms with Crippen LogP contribution in [0.4, 0.5) is 0 Å². The van der Waals surface area contributed by atoms with Crippen molar-refractivity contribution in [2.75, 3.05) is 0 Å². The van der Waals surface area contributed by atoms with Gasteiger partial charge in [0.05, 0.1) is 0 Å². The van der Waals surface area contributed by atoms with Crippen LogP contribution in [0.1, 0.15) is 11.1 Å². The Morgan fingerprint density at radius 1 is 1.05 bits per heavy atom. The second-order valence-electron chi connectivity index (χ2n) is 4.81. The zero-order chi connectivity index (χ0) is 15.4. The molecule has 0 saturated carbocycles. The molecule has 0 aliphatic carbocycles. The molecule has 4 nitrogen and oxygen atoms in total. The van der Waals surface area contributed by atoms with Gasteiger partial charge in [-0.2, -0.15) is 0 Å². The van der Waals surface area contributed by atoms with Crippen molar-refractivity contribution in [1.29, 1.82) is 0 Å². The van der Waals surface area contributed by atoms with E-state index in [0.29, 0.717) is 17.4 Å². The Hall–Kier alpha value is -2.66. The number of hydrogen-bond donors (Lipinski definition) is 2. The summed E-state index contributed by atoms with van der Waals surface area (Å²) in [5.41, 5.74) is 2.41. The van der Waals surface area contributed by atoms with E-state index < -0.39 is 0 Å². The molecule has 0 unspecified atom stereocenters. The highest BCUT2D eigenvalue weighted by Crippen LogP contribution is 2.17. The first-order valence-electron chi connectivity index (χ1n) is 6.81. The van der Waals surface area contributed by atoms with E-state index in [1.165, 1.54) is 0 Å². The molecule has 2 N–H and O–H groups in total. The number of thiocarbonyl (C=S) groups is 1. The lowest BCUT2D eigenvalue weighted by Crippen LogP contribution is -2.21. The van der Waals surface area contributed by atoms with Crippen LogP contribution in [0, 0.1) is 0 Å². The summed E-state index contributed by atoms with van der Waals surface area (Å²) in [4.78, 5) is 11.6. The Bertz CT molecular complexity index is 741. The largest absolute Gasteiger partial charge is 0.489 e. The van der Waals surface area contributed by atoms with Crippen molar-refractivity contribution in [3.63, 3.8) is 0 Å². The number of carbonyl (C=O) groups excluding carboxylic acids is 1. The standard InChI is InChI=1S/C17H14N2O2S/c20-16-15(18-17(22)19-16)10-13-7-4-8-14(9-13)21-11-12-5-2-1-3-6-12/h1-10H,11H2,(H2,18,19,20,22)/b15-10+. The van der Waals surface area contributed by atoms with Gasteiger partial charge in [-0.1, -0.05) is 42.5 Å². The first-order chi connectivity index (χ1) is 10.7. The van der Waals surface area contributed by atoms with E-state index >= 15 is 0 Å². The van der Waals surface area contributed by atoms with E-state index in [1.807, 2.05) is 54.6 Å². The zero-order valence-corrected chi connectivity index (χ0v) is 12.5.